The van der Waals surface area contributed by atoms with E-state index in [-0.39, 0.29) is 11.2 Å². The van der Waals surface area contributed by atoms with Crippen LogP contribution < -0.4 is 10.3 Å². The molecule has 3 rings (SSSR count). The molecular weight excluding hydrogens is 333 g/mol. The van der Waals surface area contributed by atoms with Gasteiger partial charge in [-0.1, -0.05) is 0 Å². The van der Waals surface area contributed by atoms with Crippen LogP contribution >= 0.6 is 15.9 Å². The van der Waals surface area contributed by atoms with Gasteiger partial charge in [0.05, 0.1) is 23.8 Å². The zero-order chi connectivity index (χ0) is 15.4. The second-order valence-corrected chi connectivity index (χ2v) is 7.21. The highest BCUT2D eigenvalue weighted by molar-refractivity contribution is 9.10. The molecule has 1 aliphatic heterocycles. The van der Waals surface area contributed by atoms with Gasteiger partial charge in [0.1, 0.15) is 5.75 Å². The summed E-state index contributed by atoms with van der Waals surface area (Å²) >= 11 is 3.56. The van der Waals surface area contributed by atoms with Crippen LogP contribution in [0.3, 0.4) is 0 Å². The van der Waals surface area contributed by atoms with Crippen LogP contribution in [-0.2, 0) is 9.31 Å². The normalized spacial score (nSPS) is 20.2. The lowest BCUT2D eigenvalue weighted by molar-refractivity contribution is 0.00578. The summed E-state index contributed by atoms with van der Waals surface area (Å²) in [5.41, 5.74) is 1.18. The van der Waals surface area contributed by atoms with Crippen LogP contribution in [0.25, 0.3) is 10.9 Å². The first kappa shape index (κ1) is 14.9. The summed E-state index contributed by atoms with van der Waals surface area (Å²) in [6.07, 6.45) is 0. The average molecular weight is 352 g/mol. The highest BCUT2D eigenvalue weighted by atomic mass is 79.9. The standard InChI is InChI=1S/C15H19BBrNO3/c1-14(2)15(3,4)21-16(20-14)12-8-9-11(19-5)7-6-10(17)13(9)18-12/h6-8,18H,1-5H3. The van der Waals surface area contributed by atoms with Gasteiger partial charge in [0.25, 0.3) is 0 Å². The summed E-state index contributed by atoms with van der Waals surface area (Å²) in [6, 6.07) is 5.93. The molecule has 1 aromatic heterocycles. The van der Waals surface area contributed by atoms with Gasteiger partial charge in [0, 0.05) is 15.5 Å². The number of nitrogens with one attached hydrogen (secondary N) is 1. The van der Waals surface area contributed by atoms with Gasteiger partial charge >= 0.3 is 7.12 Å². The van der Waals surface area contributed by atoms with E-state index in [4.69, 9.17) is 14.0 Å². The Balaban J connectivity index is 2.05. The van der Waals surface area contributed by atoms with Crippen LogP contribution in [0.4, 0.5) is 0 Å². The van der Waals surface area contributed by atoms with E-state index in [0.717, 1.165) is 26.7 Å². The lowest BCUT2D eigenvalue weighted by atomic mass is 9.85. The van der Waals surface area contributed by atoms with Crippen LogP contribution in [0.5, 0.6) is 5.75 Å². The maximum absolute atomic E-state index is 6.08. The third-order valence-corrected chi connectivity index (χ3v) is 5.11. The van der Waals surface area contributed by atoms with Crippen LogP contribution in [-0.4, -0.2) is 30.4 Å². The van der Waals surface area contributed by atoms with Gasteiger partial charge in [-0.15, -0.1) is 0 Å². The monoisotopic (exact) mass is 351 g/mol. The highest BCUT2D eigenvalue weighted by Crippen LogP contribution is 2.37. The zero-order valence-electron chi connectivity index (χ0n) is 12.9. The quantitative estimate of drug-likeness (QED) is 0.844. The molecule has 0 bridgehead atoms. The van der Waals surface area contributed by atoms with E-state index in [1.807, 2.05) is 45.9 Å². The van der Waals surface area contributed by atoms with E-state index in [9.17, 15) is 0 Å². The fourth-order valence-corrected chi connectivity index (χ4v) is 2.90. The number of aromatic amines is 1. The van der Waals surface area contributed by atoms with Gasteiger partial charge in [0.2, 0.25) is 0 Å². The number of benzene rings is 1. The third-order valence-electron chi connectivity index (χ3n) is 4.45. The Bertz CT molecular complexity index is 680. The Labute approximate surface area is 133 Å². The van der Waals surface area contributed by atoms with Gasteiger partial charge in [-0.3, -0.25) is 0 Å². The van der Waals surface area contributed by atoms with Gasteiger partial charge in [-0.2, -0.15) is 0 Å². The number of ether oxygens (including phenoxy) is 1. The van der Waals surface area contributed by atoms with Crippen molar-refractivity contribution in [1.29, 1.82) is 0 Å². The van der Waals surface area contributed by atoms with Crippen LogP contribution in [0.2, 0.25) is 0 Å². The Morgan fingerprint density at radius 3 is 2.33 bits per heavy atom. The maximum Gasteiger partial charge on any atom is 0.512 e. The van der Waals surface area contributed by atoms with Gasteiger partial charge in [-0.05, 0) is 61.8 Å². The summed E-state index contributed by atoms with van der Waals surface area (Å²) in [5.74, 6) is 0.826. The van der Waals surface area contributed by atoms with E-state index < -0.39 is 7.12 Å². The van der Waals surface area contributed by atoms with Crippen molar-refractivity contribution in [2.45, 2.75) is 38.9 Å². The molecule has 0 amide bonds. The molecule has 1 N–H and O–H groups in total. The molecule has 4 nitrogen and oxygen atoms in total. The van der Waals surface area contributed by atoms with E-state index in [1.165, 1.54) is 0 Å². The fraction of sp³-hybridized carbons (Fsp3) is 0.467. The minimum Gasteiger partial charge on any atom is -0.496 e. The highest BCUT2D eigenvalue weighted by Gasteiger charge is 2.52. The van der Waals surface area contributed by atoms with Crippen molar-refractivity contribution >= 4 is 39.5 Å². The van der Waals surface area contributed by atoms with Gasteiger partial charge in [-0.25, -0.2) is 0 Å². The molecule has 0 saturated carbocycles. The molecular formula is C15H19BBrNO3. The smallest absolute Gasteiger partial charge is 0.496 e. The lowest BCUT2D eigenvalue weighted by Crippen LogP contribution is -2.41. The molecule has 2 aromatic rings. The molecule has 112 valence electrons. The second-order valence-electron chi connectivity index (χ2n) is 6.35. The summed E-state index contributed by atoms with van der Waals surface area (Å²) in [4.78, 5) is 3.38. The largest absolute Gasteiger partial charge is 0.512 e. The molecule has 21 heavy (non-hydrogen) atoms. The van der Waals surface area contributed by atoms with Crippen molar-refractivity contribution in [2.75, 3.05) is 7.11 Å². The Morgan fingerprint density at radius 2 is 1.76 bits per heavy atom. The summed E-state index contributed by atoms with van der Waals surface area (Å²) in [6.45, 7) is 8.19. The lowest BCUT2D eigenvalue weighted by Gasteiger charge is -2.32. The number of hydrogen-bond donors (Lipinski definition) is 1. The molecule has 0 unspecified atom stereocenters. The zero-order valence-corrected chi connectivity index (χ0v) is 14.5. The molecule has 6 heteroatoms. The first-order valence-electron chi connectivity index (χ1n) is 6.96. The van der Waals surface area contributed by atoms with Crippen molar-refractivity contribution < 1.29 is 14.0 Å². The summed E-state index contributed by atoms with van der Waals surface area (Å²) in [5, 5.41) is 1.01. The predicted molar refractivity (Wildman–Crippen MR) is 88.3 cm³/mol. The van der Waals surface area contributed by atoms with Crippen LogP contribution in [0, 0.1) is 0 Å². The van der Waals surface area contributed by atoms with Crippen molar-refractivity contribution in [2.24, 2.45) is 0 Å². The van der Waals surface area contributed by atoms with Crippen LogP contribution in [0.1, 0.15) is 27.7 Å². The van der Waals surface area contributed by atoms with Gasteiger partial charge < -0.3 is 19.0 Å². The third kappa shape index (κ3) is 2.29. The average Bonchev–Trinajstić information content (AvgIpc) is 2.91. The minimum absolute atomic E-state index is 0.351. The van der Waals surface area contributed by atoms with E-state index in [0.29, 0.717) is 0 Å². The number of hydrogen-bond acceptors (Lipinski definition) is 3. The molecule has 1 aliphatic rings. The van der Waals surface area contributed by atoms with Crippen molar-refractivity contribution in [1.82, 2.24) is 4.98 Å². The predicted octanol–water partition coefficient (Wildman–Crippen LogP) is 3.24. The molecule has 1 aromatic carbocycles. The molecule has 0 spiro atoms. The number of halogens is 1. The fourth-order valence-electron chi connectivity index (χ4n) is 2.46. The number of H-pyrrole nitrogens is 1. The van der Waals surface area contributed by atoms with E-state index in [2.05, 4.69) is 20.9 Å². The Morgan fingerprint density at radius 1 is 1.14 bits per heavy atom. The first-order valence-corrected chi connectivity index (χ1v) is 7.75. The minimum atomic E-state index is -0.404. The van der Waals surface area contributed by atoms with Crippen LogP contribution in [0.15, 0.2) is 22.7 Å². The Kier molecular flexibility index (Phi) is 3.39. The second kappa shape index (κ2) is 4.76. The molecule has 0 aliphatic carbocycles. The molecule has 0 atom stereocenters. The maximum atomic E-state index is 6.08. The molecule has 1 fully saturated rings. The summed E-state index contributed by atoms with van der Waals surface area (Å²) in [7, 11) is 1.27. The number of aromatic nitrogens is 1. The van der Waals surface area contributed by atoms with Crippen molar-refractivity contribution in [3.05, 3.63) is 22.7 Å². The van der Waals surface area contributed by atoms with E-state index in [1.54, 1.807) is 7.11 Å². The molecule has 1 saturated heterocycles. The number of rotatable bonds is 2. The molecule has 2 heterocycles. The van der Waals surface area contributed by atoms with Gasteiger partial charge in [0.15, 0.2) is 0 Å². The number of methoxy groups -OCH3 is 1. The molecule has 0 radical (unpaired) electrons. The SMILES string of the molecule is COc1ccc(Br)c2[nH]c(B3OC(C)(C)C(C)(C)O3)cc12. The topological polar surface area (TPSA) is 43.5 Å². The Hall–Kier alpha value is -0.975. The first-order chi connectivity index (χ1) is 9.75. The summed E-state index contributed by atoms with van der Waals surface area (Å²) < 4.78 is 18.6. The van der Waals surface area contributed by atoms with Crippen molar-refractivity contribution in [3.8, 4) is 5.75 Å². The van der Waals surface area contributed by atoms with Crippen molar-refractivity contribution in [3.63, 3.8) is 0 Å². The number of fused-ring (bicyclic) bond motifs is 1. The van der Waals surface area contributed by atoms with E-state index >= 15 is 0 Å².